The number of hydrogen-bond acceptors (Lipinski definition) is 3. The van der Waals surface area contributed by atoms with Crippen LogP contribution in [-0.2, 0) is 4.79 Å². The minimum absolute atomic E-state index is 0.0653. The third-order valence-corrected chi connectivity index (χ3v) is 1.98. The van der Waals surface area contributed by atoms with Crippen molar-refractivity contribution >= 4 is 17.3 Å². The highest BCUT2D eigenvalue weighted by molar-refractivity contribution is 6.08. The molecule has 3 N–H and O–H groups in total. The van der Waals surface area contributed by atoms with Crippen LogP contribution in [0.2, 0.25) is 0 Å². The number of allylic oxidation sites excluding steroid dienone is 2. The Morgan fingerprint density at radius 3 is 2.82 bits per heavy atom. The summed E-state index contributed by atoms with van der Waals surface area (Å²) < 4.78 is 0. The summed E-state index contributed by atoms with van der Waals surface area (Å²) in [4.78, 5) is 11.1. The Kier molecular flexibility index (Phi) is 4.22. The van der Waals surface area contributed by atoms with Gasteiger partial charge in [0, 0.05) is 17.3 Å². The summed E-state index contributed by atoms with van der Waals surface area (Å²) in [5.74, 6) is -0.238. The van der Waals surface area contributed by atoms with Crippen LogP contribution in [-0.4, -0.2) is 16.7 Å². The normalized spacial score (nSPS) is 10.8. The van der Waals surface area contributed by atoms with Crippen LogP contribution in [0.3, 0.4) is 0 Å². The zero-order valence-electron chi connectivity index (χ0n) is 9.53. The minimum atomic E-state index is -0.303. The molecule has 0 heterocycles. The first-order chi connectivity index (χ1) is 8.02. The van der Waals surface area contributed by atoms with Gasteiger partial charge in [0.2, 0.25) is 5.91 Å². The zero-order valence-corrected chi connectivity index (χ0v) is 9.53. The summed E-state index contributed by atoms with van der Waals surface area (Å²) in [7, 11) is 0. The molecule has 1 rings (SSSR count). The monoisotopic (exact) mass is 230 g/mol. The van der Waals surface area contributed by atoms with Crippen molar-refractivity contribution < 1.29 is 9.90 Å². The van der Waals surface area contributed by atoms with Gasteiger partial charge in [-0.15, -0.1) is 0 Å². The summed E-state index contributed by atoms with van der Waals surface area (Å²) in [5, 5.41) is 19.4. The highest BCUT2D eigenvalue weighted by Gasteiger charge is 2.02. The Morgan fingerprint density at radius 1 is 1.53 bits per heavy atom. The van der Waals surface area contributed by atoms with Gasteiger partial charge < -0.3 is 15.8 Å². The summed E-state index contributed by atoms with van der Waals surface area (Å²) in [6, 6.07) is 6.82. The average Bonchev–Trinajstić information content (AvgIpc) is 2.28. The molecular weight excluding hydrogens is 216 g/mol. The molecule has 0 aromatic heterocycles. The lowest BCUT2D eigenvalue weighted by Crippen LogP contribution is -2.08. The van der Waals surface area contributed by atoms with E-state index in [2.05, 4.69) is 11.9 Å². The molecule has 0 unspecified atom stereocenters. The van der Waals surface area contributed by atoms with E-state index in [9.17, 15) is 4.79 Å². The molecule has 0 aliphatic heterocycles. The largest absolute Gasteiger partial charge is 0.513 e. The number of nitrogens with one attached hydrogen (secondary N) is 2. The smallest absolute Gasteiger partial charge is 0.247 e. The molecule has 0 fully saturated rings. The lowest BCUT2D eigenvalue weighted by molar-refractivity contribution is -0.111. The van der Waals surface area contributed by atoms with Gasteiger partial charge in [0.15, 0.2) is 0 Å². The fraction of sp³-hybridized carbons (Fsp3) is 0.0769. The minimum Gasteiger partial charge on any atom is -0.513 e. The third-order valence-electron chi connectivity index (χ3n) is 1.98. The molecule has 88 valence electrons. The highest BCUT2D eigenvalue weighted by Crippen LogP contribution is 2.12. The lowest BCUT2D eigenvalue weighted by atomic mass is 10.1. The molecule has 0 radical (unpaired) electrons. The standard InChI is InChI=1S/C13H14N2O2/c1-3-13(17)15-11-6-4-5-10(8-11)12(14)7-9(2)16/h3-8,14,16H,1H2,2H3,(H,15,17)/b9-7+,14-12?. The molecule has 0 saturated carbocycles. The van der Waals surface area contributed by atoms with Gasteiger partial charge in [-0.2, -0.15) is 0 Å². The second-order valence-electron chi connectivity index (χ2n) is 3.47. The molecule has 0 spiro atoms. The van der Waals surface area contributed by atoms with Crippen LogP contribution in [0.5, 0.6) is 0 Å². The summed E-state index contributed by atoms with van der Waals surface area (Å²) in [6.45, 7) is 4.85. The van der Waals surface area contributed by atoms with Crippen LogP contribution < -0.4 is 5.32 Å². The highest BCUT2D eigenvalue weighted by atomic mass is 16.3. The Bertz CT molecular complexity index is 486. The van der Waals surface area contributed by atoms with Crippen LogP contribution in [0.1, 0.15) is 12.5 Å². The van der Waals surface area contributed by atoms with E-state index in [0.29, 0.717) is 11.3 Å². The van der Waals surface area contributed by atoms with E-state index in [1.165, 1.54) is 19.1 Å². The SMILES string of the molecule is C=CC(=O)Nc1cccc(C(=N)/C=C(\C)O)c1. The number of anilines is 1. The molecule has 0 aliphatic carbocycles. The Balaban J connectivity index is 2.93. The first kappa shape index (κ1) is 12.7. The predicted molar refractivity (Wildman–Crippen MR) is 68.5 cm³/mol. The summed E-state index contributed by atoms with van der Waals surface area (Å²) >= 11 is 0. The Labute approximate surface area is 99.8 Å². The third kappa shape index (κ3) is 3.95. The maximum absolute atomic E-state index is 11.1. The molecule has 0 atom stereocenters. The van der Waals surface area contributed by atoms with Crippen molar-refractivity contribution in [2.24, 2.45) is 0 Å². The van der Waals surface area contributed by atoms with Gasteiger partial charge in [0.05, 0.1) is 11.5 Å². The number of carbonyl (C=O) groups excluding carboxylic acids is 1. The van der Waals surface area contributed by atoms with E-state index < -0.39 is 0 Å². The number of carbonyl (C=O) groups is 1. The molecule has 0 saturated heterocycles. The summed E-state index contributed by atoms with van der Waals surface area (Å²) in [5.41, 5.74) is 1.38. The molecule has 1 aromatic rings. The molecule has 1 amide bonds. The van der Waals surface area contributed by atoms with Gasteiger partial charge in [-0.1, -0.05) is 18.7 Å². The molecular formula is C13H14N2O2. The van der Waals surface area contributed by atoms with Crippen molar-refractivity contribution in [3.63, 3.8) is 0 Å². The second kappa shape index (κ2) is 5.65. The second-order valence-corrected chi connectivity index (χ2v) is 3.47. The van der Waals surface area contributed by atoms with E-state index in [4.69, 9.17) is 10.5 Å². The molecule has 1 aromatic carbocycles. The van der Waals surface area contributed by atoms with Gasteiger partial charge in [-0.3, -0.25) is 4.79 Å². The Hall–Kier alpha value is -2.36. The predicted octanol–water partition coefficient (Wildman–Crippen LogP) is 2.64. The van der Waals surface area contributed by atoms with Gasteiger partial charge in [-0.05, 0) is 25.1 Å². The van der Waals surface area contributed by atoms with Crippen molar-refractivity contribution in [2.45, 2.75) is 6.92 Å². The lowest BCUT2D eigenvalue weighted by Gasteiger charge is -2.05. The van der Waals surface area contributed by atoms with Crippen LogP contribution in [0.15, 0.2) is 48.8 Å². The van der Waals surface area contributed by atoms with Crippen molar-refractivity contribution in [1.82, 2.24) is 0 Å². The van der Waals surface area contributed by atoms with Crippen LogP contribution in [0.25, 0.3) is 0 Å². The van der Waals surface area contributed by atoms with Gasteiger partial charge in [0.1, 0.15) is 0 Å². The fourth-order valence-electron chi connectivity index (χ4n) is 1.25. The fourth-order valence-corrected chi connectivity index (χ4v) is 1.25. The number of hydrogen-bond donors (Lipinski definition) is 3. The number of benzene rings is 1. The Morgan fingerprint density at radius 2 is 2.24 bits per heavy atom. The first-order valence-corrected chi connectivity index (χ1v) is 5.02. The van der Waals surface area contributed by atoms with Crippen molar-refractivity contribution in [2.75, 3.05) is 5.32 Å². The maximum atomic E-state index is 11.1. The van der Waals surface area contributed by atoms with Crippen molar-refractivity contribution in [3.8, 4) is 0 Å². The summed E-state index contributed by atoms with van der Waals surface area (Å²) in [6.07, 6.45) is 2.52. The van der Waals surface area contributed by atoms with Crippen molar-refractivity contribution in [3.05, 3.63) is 54.3 Å². The van der Waals surface area contributed by atoms with E-state index >= 15 is 0 Å². The van der Waals surface area contributed by atoms with Gasteiger partial charge in [-0.25, -0.2) is 0 Å². The zero-order chi connectivity index (χ0) is 12.8. The van der Waals surface area contributed by atoms with Crippen LogP contribution in [0, 0.1) is 5.41 Å². The first-order valence-electron chi connectivity index (χ1n) is 5.02. The van der Waals surface area contributed by atoms with Crippen LogP contribution >= 0.6 is 0 Å². The van der Waals surface area contributed by atoms with E-state index in [1.807, 2.05) is 0 Å². The average molecular weight is 230 g/mol. The van der Waals surface area contributed by atoms with E-state index in [-0.39, 0.29) is 17.4 Å². The van der Waals surface area contributed by atoms with E-state index in [0.717, 1.165) is 0 Å². The number of aliphatic hydroxyl groups is 1. The quantitative estimate of drug-likeness (QED) is 0.422. The van der Waals surface area contributed by atoms with Gasteiger partial charge in [0.25, 0.3) is 0 Å². The molecule has 17 heavy (non-hydrogen) atoms. The van der Waals surface area contributed by atoms with Crippen LogP contribution in [0.4, 0.5) is 5.69 Å². The molecule has 4 nitrogen and oxygen atoms in total. The topological polar surface area (TPSA) is 73.2 Å². The number of amides is 1. The molecule has 4 heteroatoms. The number of aliphatic hydroxyl groups excluding tert-OH is 1. The molecule has 0 aliphatic rings. The maximum Gasteiger partial charge on any atom is 0.247 e. The number of rotatable bonds is 4. The van der Waals surface area contributed by atoms with Gasteiger partial charge >= 0.3 is 0 Å². The van der Waals surface area contributed by atoms with E-state index in [1.54, 1.807) is 24.3 Å². The van der Waals surface area contributed by atoms with Crippen molar-refractivity contribution in [1.29, 1.82) is 5.41 Å². The molecule has 0 bridgehead atoms.